The van der Waals surface area contributed by atoms with Crippen LogP contribution in [0, 0.1) is 5.41 Å². The van der Waals surface area contributed by atoms with Crippen LogP contribution >= 0.6 is 0 Å². The van der Waals surface area contributed by atoms with E-state index in [9.17, 15) is 9.59 Å². The molecule has 39 heavy (non-hydrogen) atoms. The van der Waals surface area contributed by atoms with Gasteiger partial charge in [0.05, 0.1) is 19.7 Å². The van der Waals surface area contributed by atoms with Crippen molar-refractivity contribution in [1.29, 1.82) is 0 Å². The van der Waals surface area contributed by atoms with E-state index < -0.39 is 0 Å². The molecule has 206 valence electrons. The number of methoxy groups -OCH3 is 1. The number of aryl methyl sites for hydroxylation is 1. The molecule has 2 heterocycles. The van der Waals surface area contributed by atoms with Crippen LogP contribution in [0.2, 0.25) is 0 Å². The lowest BCUT2D eigenvalue weighted by Gasteiger charge is -2.45. The molecular formula is C32H40N4O3. The first-order valence-corrected chi connectivity index (χ1v) is 14.1. The number of piperidine rings is 1. The Balaban J connectivity index is 1.36. The van der Waals surface area contributed by atoms with Crippen molar-refractivity contribution in [2.24, 2.45) is 12.5 Å². The first-order valence-electron chi connectivity index (χ1n) is 14.1. The molecule has 2 aromatic carbocycles. The maximum atomic E-state index is 13.0. The summed E-state index contributed by atoms with van der Waals surface area (Å²) >= 11 is 0. The fourth-order valence-corrected chi connectivity index (χ4v) is 6.27. The Morgan fingerprint density at radius 2 is 1.85 bits per heavy atom. The van der Waals surface area contributed by atoms with Crippen molar-refractivity contribution in [2.75, 3.05) is 33.3 Å². The molecule has 2 atom stereocenters. The summed E-state index contributed by atoms with van der Waals surface area (Å²) in [6.07, 6.45) is 8.28. The Hall–Kier alpha value is -3.45. The molecule has 1 amide bonds. The molecule has 0 N–H and O–H groups in total. The molecule has 1 aromatic heterocycles. The van der Waals surface area contributed by atoms with E-state index in [1.165, 1.54) is 23.8 Å². The van der Waals surface area contributed by atoms with Crippen molar-refractivity contribution in [3.8, 4) is 11.1 Å². The van der Waals surface area contributed by atoms with Gasteiger partial charge in [-0.1, -0.05) is 54.6 Å². The normalized spacial score (nSPS) is 20.4. The van der Waals surface area contributed by atoms with Crippen molar-refractivity contribution in [3.63, 3.8) is 0 Å². The zero-order valence-corrected chi connectivity index (χ0v) is 23.4. The van der Waals surface area contributed by atoms with Gasteiger partial charge in [-0.15, -0.1) is 0 Å². The van der Waals surface area contributed by atoms with Gasteiger partial charge in [0.25, 0.3) is 0 Å². The minimum Gasteiger partial charge on any atom is -0.469 e. The molecule has 0 bridgehead atoms. The summed E-state index contributed by atoms with van der Waals surface area (Å²) in [7, 11) is 3.38. The first kappa shape index (κ1) is 27.1. The second-order valence-corrected chi connectivity index (χ2v) is 11.4. The van der Waals surface area contributed by atoms with E-state index in [1.807, 2.05) is 30.2 Å². The van der Waals surface area contributed by atoms with Gasteiger partial charge >= 0.3 is 5.97 Å². The van der Waals surface area contributed by atoms with Gasteiger partial charge in [0, 0.05) is 50.8 Å². The van der Waals surface area contributed by atoms with E-state index in [-0.39, 0.29) is 23.3 Å². The number of esters is 1. The summed E-state index contributed by atoms with van der Waals surface area (Å²) in [6.45, 7) is 5.03. The van der Waals surface area contributed by atoms with E-state index in [0.717, 1.165) is 50.9 Å². The van der Waals surface area contributed by atoms with E-state index in [2.05, 4.69) is 63.4 Å². The van der Waals surface area contributed by atoms with Gasteiger partial charge in [-0.25, -0.2) is 0 Å². The topological polar surface area (TPSA) is 67.7 Å². The third-order valence-corrected chi connectivity index (χ3v) is 8.62. The van der Waals surface area contributed by atoms with Crippen LogP contribution in [-0.4, -0.2) is 70.8 Å². The van der Waals surface area contributed by atoms with E-state index in [4.69, 9.17) is 4.74 Å². The summed E-state index contributed by atoms with van der Waals surface area (Å²) in [5.41, 5.74) is 4.87. The van der Waals surface area contributed by atoms with Crippen LogP contribution in [0.15, 0.2) is 67.0 Å². The van der Waals surface area contributed by atoms with Crippen molar-refractivity contribution >= 4 is 11.9 Å². The molecule has 2 aliphatic rings. The maximum Gasteiger partial charge on any atom is 0.306 e. The second kappa shape index (κ2) is 11.7. The smallest absolute Gasteiger partial charge is 0.306 e. The number of nitrogens with zero attached hydrogens (tertiary/aromatic N) is 4. The monoisotopic (exact) mass is 528 g/mol. The highest BCUT2D eigenvalue weighted by Gasteiger charge is 2.47. The third kappa shape index (κ3) is 6.59. The number of aromatic nitrogens is 2. The molecule has 1 saturated carbocycles. The predicted molar refractivity (Wildman–Crippen MR) is 152 cm³/mol. The van der Waals surface area contributed by atoms with Gasteiger partial charge in [0.15, 0.2) is 0 Å². The summed E-state index contributed by atoms with van der Waals surface area (Å²) in [5, 5.41) is 4.35. The fourth-order valence-electron chi connectivity index (χ4n) is 6.27. The molecule has 1 aliphatic heterocycles. The molecule has 1 saturated heterocycles. The average Bonchev–Trinajstić information content (AvgIpc) is 3.63. The van der Waals surface area contributed by atoms with Crippen molar-refractivity contribution < 1.29 is 14.3 Å². The molecule has 3 aromatic rings. The van der Waals surface area contributed by atoms with E-state index in [1.54, 1.807) is 6.92 Å². The molecule has 7 heteroatoms. The molecule has 1 unspecified atom stereocenters. The Bertz CT molecular complexity index is 1280. The summed E-state index contributed by atoms with van der Waals surface area (Å²) < 4.78 is 6.68. The van der Waals surface area contributed by atoms with Crippen molar-refractivity contribution in [2.45, 2.75) is 51.0 Å². The SMILES string of the molecule is COC(=O)CCN1CCC(Cc2cccc(-c3cnn(C)c3)c2)(CN(C(C)=O)[C@@H]2CC2c2ccccc2)CC1. The summed E-state index contributed by atoms with van der Waals surface area (Å²) in [5.74, 6) is 0.415. The summed E-state index contributed by atoms with van der Waals surface area (Å²) in [4.78, 5) is 29.3. The van der Waals surface area contributed by atoms with E-state index in [0.29, 0.717) is 18.9 Å². The lowest BCUT2D eigenvalue weighted by atomic mass is 9.73. The molecular weight excluding hydrogens is 488 g/mol. The van der Waals surface area contributed by atoms with Crippen LogP contribution in [0.25, 0.3) is 11.1 Å². The number of rotatable bonds is 10. The second-order valence-electron chi connectivity index (χ2n) is 11.4. The molecule has 0 radical (unpaired) electrons. The standard InChI is InChI=1S/C32H40N4O3/c1-24(37)36(30-19-29(30)26-9-5-4-6-10-26)23-32(13-16-35(17-14-32)15-12-31(38)39-3)20-25-8-7-11-27(18-25)28-21-33-34(2)22-28/h4-11,18,21-22,29-30H,12-17,19-20,23H2,1-3H3/t29?,30-/m1/s1. The first-order chi connectivity index (χ1) is 18.9. The minimum atomic E-state index is -0.164. The van der Waals surface area contributed by atoms with Crippen LogP contribution in [0.3, 0.4) is 0 Å². The van der Waals surface area contributed by atoms with Gasteiger partial charge < -0.3 is 14.5 Å². The quantitative estimate of drug-likeness (QED) is 0.358. The zero-order chi connectivity index (χ0) is 27.4. The molecule has 0 spiro atoms. The van der Waals surface area contributed by atoms with Gasteiger partial charge in [-0.3, -0.25) is 14.3 Å². The van der Waals surface area contributed by atoms with E-state index >= 15 is 0 Å². The number of carbonyl (C=O) groups is 2. The van der Waals surface area contributed by atoms with Crippen molar-refractivity contribution in [1.82, 2.24) is 19.6 Å². The zero-order valence-electron chi connectivity index (χ0n) is 23.4. The van der Waals surface area contributed by atoms with Gasteiger partial charge in [0.2, 0.25) is 5.91 Å². The highest BCUT2D eigenvalue weighted by molar-refractivity contribution is 5.74. The molecule has 2 fully saturated rings. The highest BCUT2D eigenvalue weighted by atomic mass is 16.5. The van der Waals surface area contributed by atoms with Crippen molar-refractivity contribution in [3.05, 3.63) is 78.1 Å². The predicted octanol–water partition coefficient (Wildman–Crippen LogP) is 4.68. The Kier molecular flexibility index (Phi) is 8.17. The molecule has 5 rings (SSSR count). The highest BCUT2D eigenvalue weighted by Crippen LogP contribution is 2.47. The number of benzene rings is 2. The average molecular weight is 529 g/mol. The van der Waals surface area contributed by atoms with Crippen LogP contribution in [0.5, 0.6) is 0 Å². The van der Waals surface area contributed by atoms with Crippen LogP contribution < -0.4 is 0 Å². The molecule has 7 nitrogen and oxygen atoms in total. The lowest BCUT2D eigenvalue weighted by molar-refractivity contribution is -0.141. The largest absolute Gasteiger partial charge is 0.469 e. The minimum absolute atomic E-state index is 0.0230. The summed E-state index contributed by atoms with van der Waals surface area (Å²) in [6, 6.07) is 19.6. The van der Waals surface area contributed by atoms with Gasteiger partial charge in [-0.2, -0.15) is 5.10 Å². The third-order valence-electron chi connectivity index (χ3n) is 8.62. The Morgan fingerprint density at radius 3 is 2.51 bits per heavy atom. The number of likely N-dealkylation sites (tertiary alicyclic amines) is 1. The number of carbonyl (C=O) groups excluding carboxylic acids is 2. The van der Waals surface area contributed by atoms with Crippen LogP contribution in [0.1, 0.15) is 49.7 Å². The molecule has 1 aliphatic carbocycles. The number of amides is 1. The number of ether oxygens (including phenoxy) is 1. The van der Waals surface area contributed by atoms with Gasteiger partial charge in [-0.05, 0) is 60.9 Å². The van der Waals surface area contributed by atoms with Gasteiger partial charge in [0.1, 0.15) is 0 Å². The fraction of sp³-hybridized carbons (Fsp3) is 0.469. The Morgan fingerprint density at radius 1 is 1.08 bits per heavy atom. The maximum absolute atomic E-state index is 13.0. The van der Waals surface area contributed by atoms with Crippen LogP contribution in [-0.2, 0) is 27.8 Å². The van der Waals surface area contributed by atoms with Crippen LogP contribution in [0.4, 0.5) is 0 Å². The number of hydrogen-bond donors (Lipinski definition) is 0. The Labute approximate surface area is 231 Å². The number of hydrogen-bond acceptors (Lipinski definition) is 5. The lowest BCUT2D eigenvalue weighted by Crippen LogP contribution is -2.49.